The zero-order chi connectivity index (χ0) is 36.8. The van der Waals surface area contributed by atoms with E-state index in [9.17, 15) is 19.2 Å². The van der Waals surface area contributed by atoms with Gasteiger partial charge in [-0.05, 0) is 111 Å². The number of imide groups is 2. The number of rotatable bonds is 2. The van der Waals surface area contributed by atoms with Crippen molar-refractivity contribution in [2.24, 2.45) is 0 Å². The van der Waals surface area contributed by atoms with Gasteiger partial charge in [-0.2, -0.15) is 0 Å². The lowest BCUT2D eigenvalue weighted by molar-refractivity contribution is -0.140. The van der Waals surface area contributed by atoms with E-state index >= 15 is 0 Å². The van der Waals surface area contributed by atoms with Crippen LogP contribution >= 0.6 is 0 Å². The first kappa shape index (κ1) is 37.2. The highest BCUT2D eigenvalue weighted by Gasteiger charge is 2.39. The number of amides is 4. The summed E-state index contributed by atoms with van der Waals surface area (Å²) in [5.74, 6) is -3.38. The van der Waals surface area contributed by atoms with Crippen LogP contribution < -0.4 is 0 Å². The second-order valence-electron chi connectivity index (χ2n) is 7.78. The van der Waals surface area contributed by atoms with Crippen LogP contribution in [0.3, 0.4) is 0 Å². The Bertz CT molecular complexity index is 3120. The average Bonchev–Trinajstić information content (AvgIpc) is 3.59. The van der Waals surface area contributed by atoms with E-state index in [1.165, 1.54) is 6.92 Å². The molecule has 6 heteroatoms. The van der Waals surface area contributed by atoms with Gasteiger partial charge in [-0.15, -0.1) is 0 Å². The minimum Gasteiger partial charge on any atom is -0.269 e. The number of carbonyl (C=O) groups excluding carboxylic acids is 4. The molecule has 0 radical (unpaired) electrons. The molecule has 0 fully saturated rings. The summed E-state index contributed by atoms with van der Waals surface area (Å²) in [6.45, 7) is 4.73. The van der Waals surface area contributed by atoms with Crippen LogP contribution in [0.1, 0.15) is 6.92 Å². The third-order valence-corrected chi connectivity index (χ3v) is 4.53. The summed E-state index contributed by atoms with van der Waals surface area (Å²) in [6.07, 6.45) is 3.06. The molecule has 0 aliphatic carbocycles. The van der Waals surface area contributed by atoms with Gasteiger partial charge in [0.1, 0.15) is 0 Å². The standard InChI is InChI=1S/C45H8N2O4/c1-3-4-5-6-7-8-9-10-11-12-13-14-15-16-17-18-19-20-21-22-23-24-25-26-27-28-29-30-31-32-33-34-35-36-41(46-42(48)37-38-43(46)49)47-44(50)39-40(2)45(47)51/h37-39H,1H2,2H3. The molecule has 4 amide bonds. The summed E-state index contributed by atoms with van der Waals surface area (Å²) in [7, 11) is 0. The largest absolute Gasteiger partial charge is 0.269 e. The first-order valence-corrected chi connectivity index (χ1v) is 13.2. The Morgan fingerprint density at radius 2 is 0.686 bits per heavy atom. The van der Waals surface area contributed by atoms with Crippen LogP contribution in [0, 0.1) is 0 Å². The molecule has 6 nitrogen and oxygen atoms in total. The summed E-state index contributed by atoms with van der Waals surface area (Å²) >= 11 is 0. The van der Waals surface area contributed by atoms with Crippen molar-refractivity contribution in [2.75, 3.05) is 0 Å². The van der Waals surface area contributed by atoms with Gasteiger partial charge < -0.3 is 0 Å². The molecular weight excluding hydrogens is 633 g/mol. The molecule has 51 heavy (non-hydrogen) atoms. The molecule has 0 aromatic carbocycles. The van der Waals surface area contributed by atoms with E-state index in [-0.39, 0.29) is 5.57 Å². The highest BCUT2D eigenvalue weighted by Crippen LogP contribution is 2.22. The molecular formula is C45H8N2O4. The lowest BCUT2D eigenvalue weighted by atomic mass is 10.3. The summed E-state index contributed by atoms with van der Waals surface area (Å²) in [5, 5.41) is 0. The quantitative estimate of drug-likeness (QED) is 0.316. The van der Waals surface area contributed by atoms with Crippen molar-refractivity contribution in [3.63, 3.8) is 0 Å². The van der Waals surface area contributed by atoms with E-state index < -0.39 is 29.4 Å². The Balaban J connectivity index is 2.35. The predicted octanol–water partition coefficient (Wildman–Crippen LogP) is 4.97. The number of hydrogen-bond donors (Lipinski definition) is 0. The first-order chi connectivity index (χ1) is 25.0. The highest BCUT2D eigenvalue weighted by molar-refractivity contribution is 6.19. The van der Waals surface area contributed by atoms with E-state index in [0.717, 1.165) is 18.2 Å². The summed E-state index contributed by atoms with van der Waals surface area (Å²) in [5.41, 5.74) is 83.6. The molecule has 0 unspecified atom stereocenters. The van der Waals surface area contributed by atoms with Gasteiger partial charge in [-0.1, -0.05) is 5.73 Å². The number of nitrogens with zero attached hydrogens (tertiary/aromatic N) is 2. The summed E-state index contributed by atoms with van der Waals surface area (Å²) < 4.78 is 0. The van der Waals surface area contributed by atoms with Crippen LogP contribution in [0.5, 0.6) is 0 Å². The Morgan fingerprint density at radius 3 is 0.941 bits per heavy atom. The highest BCUT2D eigenvalue weighted by atomic mass is 16.2. The van der Waals surface area contributed by atoms with Crippen LogP contribution in [0.15, 0.2) is 231 Å². The van der Waals surface area contributed by atoms with Crippen molar-refractivity contribution >= 4 is 23.6 Å². The van der Waals surface area contributed by atoms with Gasteiger partial charge in [0.2, 0.25) is 0 Å². The van der Waals surface area contributed by atoms with Crippen LogP contribution in [0.4, 0.5) is 0 Å². The third-order valence-electron chi connectivity index (χ3n) is 4.53. The molecule has 2 heterocycles. The van der Waals surface area contributed by atoms with E-state index in [1.807, 2.05) is 0 Å². The van der Waals surface area contributed by atoms with Crippen molar-refractivity contribution in [2.45, 2.75) is 6.92 Å². The molecule has 0 aromatic heterocycles. The number of hydrogen-bond acceptors (Lipinski definition) is 4. The molecule has 0 saturated heterocycles. The molecule has 222 valence electrons. The minimum absolute atomic E-state index is 0.129. The zero-order valence-electron chi connectivity index (χ0n) is 26.0. The van der Waals surface area contributed by atoms with Crippen LogP contribution in [0.2, 0.25) is 0 Å². The van der Waals surface area contributed by atoms with Gasteiger partial charge in [-0.25, -0.2) is 9.80 Å². The molecule has 0 aromatic rings. The van der Waals surface area contributed by atoms with Gasteiger partial charge >= 0.3 is 0 Å². The van der Waals surface area contributed by atoms with Crippen molar-refractivity contribution in [3.05, 3.63) is 231 Å². The smallest absolute Gasteiger partial charge is 0.262 e. The fourth-order valence-electron chi connectivity index (χ4n) is 2.68. The molecule has 2 aliphatic heterocycles. The minimum atomic E-state index is -0.752. The number of carbonyl (C=O) groups is 4. The Kier molecular flexibility index (Phi) is 17.1. The normalized spacial score (nSPS) is 9.16. The van der Waals surface area contributed by atoms with Crippen molar-refractivity contribution in [3.8, 4) is 0 Å². The summed E-state index contributed by atoms with van der Waals surface area (Å²) in [6, 6.07) is 0. The topological polar surface area (TPSA) is 74.8 Å². The first-order valence-electron chi connectivity index (χ1n) is 13.2. The lowest BCUT2D eigenvalue weighted by Crippen LogP contribution is -2.41. The fraction of sp³-hybridized carbons (Fsp3) is 0.0222. The van der Waals surface area contributed by atoms with E-state index in [2.05, 4.69) is 201 Å². The Labute approximate surface area is 289 Å². The van der Waals surface area contributed by atoms with Crippen LogP contribution in [-0.2, 0) is 19.2 Å². The van der Waals surface area contributed by atoms with Crippen molar-refractivity contribution in [1.82, 2.24) is 9.80 Å². The van der Waals surface area contributed by atoms with Crippen LogP contribution in [0.25, 0.3) is 0 Å². The maximum absolute atomic E-state index is 12.4. The molecule has 0 bridgehead atoms. The van der Waals surface area contributed by atoms with E-state index in [1.54, 1.807) is 0 Å². The van der Waals surface area contributed by atoms with E-state index in [4.69, 9.17) is 0 Å². The predicted molar refractivity (Wildman–Crippen MR) is 175 cm³/mol. The third kappa shape index (κ3) is 15.0. The van der Waals surface area contributed by atoms with E-state index in [0.29, 0.717) is 9.80 Å². The molecule has 0 N–H and O–H groups in total. The maximum atomic E-state index is 12.4. The van der Waals surface area contributed by atoms with Gasteiger partial charge in [0.05, 0.1) is 0 Å². The van der Waals surface area contributed by atoms with Gasteiger partial charge in [0.15, 0.2) is 5.82 Å². The lowest BCUT2D eigenvalue weighted by Gasteiger charge is -2.22. The molecule has 2 aliphatic rings. The van der Waals surface area contributed by atoms with Crippen molar-refractivity contribution in [1.29, 1.82) is 0 Å². The molecule has 0 saturated carbocycles. The van der Waals surface area contributed by atoms with Gasteiger partial charge in [-0.3, -0.25) is 19.2 Å². The monoisotopic (exact) mass is 640 g/mol. The molecule has 2 rings (SSSR count). The Hall–Kier alpha value is -9.98. The van der Waals surface area contributed by atoms with Crippen molar-refractivity contribution < 1.29 is 19.2 Å². The maximum Gasteiger partial charge on any atom is 0.262 e. The SMILES string of the molecule is C=C=C=C=C=C=C=C=C=C=C=C=C=C=C=C=C=C=C=C=C=C=C=C=C=C=C=C=C=C=C=C=C=C=C=C(N1C(=O)C=CC1=O)N1C(=O)C=C(C)C1=O. The second kappa shape index (κ2) is 23.4. The second-order valence-corrected chi connectivity index (χ2v) is 7.78. The molecule has 0 atom stereocenters. The van der Waals surface area contributed by atoms with Gasteiger partial charge in [0, 0.05) is 116 Å². The molecule has 0 spiro atoms. The Morgan fingerprint density at radius 1 is 0.412 bits per heavy atom. The zero-order valence-corrected chi connectivity index (χ0v) is 26.0. The average molecular weight is 641 g/mol. The fourth-order valence-corrected chi connectivity index (χ4v) is 2.68. The van der Waals surface area contributed by atoms with Crippen LogP contribution in [-0.4, -0.2) is 33.4 Å². The summed E-state index contributed by atoms with van der Waals surface area (Å²) in [4.78, 5) is 50.0. The van der Waals surface area contributed by atoms with Gasteiger partial charge in [0.25, 0.3) is 23.6 Å².